The molecule has 0 aromatic heterocycles. The summed E-state index contributed by atoms with van der Waals surface area (Å²) in [6, 6.07) is -0.0955. The second-order valence-electron chi connectivity index (χ2n) is 4.42. The maximum atomic E-state index is 11.4. The molecular formula is C9H13NO5S. The molecule has 1 aliphatic carbocycles. The van der Waals surface area contributed by atoms with Crippen LogP contribution in [0.4, 0.5) is 0 Å². The van der Waals surface area contributed by atoms with Gasteiger partial charge in [-0.15, -0.1) is 0 Å². The van der Waals surface area contributed by atoms with Crippen LogP contribution in [-0.2, 0) is 19.4 Å². The first-order valence-corrected chi connectivity index (χ1v) is 6.91. The van der Waals surface area contributed by atoms with Crippen molar-refractivity contribution in [2.45, 2.75) is 30.8 Å². The lowest BCUT2D eigenvalue weighted by Crippen LogP contribution is -2.56. The predicted molar refractivity (Wildman–Crippen MR) is 54.6 cm³/mol. The number of amides is 1. The van der Waals surface area contributed by atoms with Gasteiger partial charge in [0, 0.05) is 6.04 Å². The van der Waals surface area contributed by atoms with E-state index in [2.05, 4.69) is 0 Å². The Morgan fingerprint density at radius 2 is 2.06 bits per heavy atom. The molecule has 1 atom stereocenters. The number of hydrogen-bond acceptors (Lipinski definition) is 4. The van der Waals surface area contributed by atoms with Crippen LogP contribution in [0, 0.1) is 0 Å². The van der Waals surface area contributed by atoms with Gasteiger partial charge in [0.2, 0.25) is 6.41 Å². The summed E-state index contributed by atoms with van der Waals surface area (Å²) in [4.78, 5) is 23.4. The van der Waals surface area contributed by atoms with Crippen LogP contribution in [0.25, 0.3) is 0 Å². The van der Waals surface area contributed by atoms with E-state index in [1.54, 1.807) is 0 Å². The quantitative estimate of drug-likeness (QED) is 0.660. The van der Waals surface area contributed by atoms with Gasteiger partial charge in [0.05, 0.1) is 11.5 Å². The van der Waals surface area contributed by atoms with E-state index < -0.39 is 27.1 Å². The summed E-state index contributed by atoms with van der Waals surface area (Å²) < 4.78 is 22.8. The van der Waals surface area contributed by atoms with E-state index >= 15 is 0 Å². The van der Waals surface area contributed by atoms with Crippen LogP contribution in [-0.4, -0.2) is 53.9 Å². The van der Waals surface area contributed by atoms with Gasteiger partial charge in [0.15, 0.2) is 15.4 Å². The van der Waals surface area contributed by atoms with Crippen molar-refractivity contribution in [3.63, 3.8) is 0 Å². The second-order valence-corrected chi connectivity index (χ2v) is 6.61. The number of rotatable bonds is 4. The molecule has 0 spiro atoms. The Labute approximate surface area is 93.1 Å². The second kappa shape index (κ2) is 3.44. The zero-order valence-electron chi connectivity index (χ0n) is 8.63. The normalized spacial score (nSPS) is 32.2. The summed E-state index contributed by atoms with van der Waals surface area (Å²) >= 11 is 0. The van der Waals surface area contributed by atoms with E-state index in [4.69, 9.17) is 0 Å². The molecule has 0 aromatic carbocycles. The van der Waals surface area contributed by atoms with Crippen molar-refractivity contribution in [1.29, 1.82) is 0 Å². The Balaban J connectivity index is 2.36. The maximum Gasteiger partial charge on any atom is 0.330 e. The maximum absolute atomic E-state index is 11.4. The van der Waals surface area contributed by atoms with Crippen LogP contribution in [0.1, 0.15) is 19.3 Å². The van der Waals surface area contributed by atoms with Crippen molar-refractivity contribution in [2.75, 3.05) is 11.5 Å². The number of carbonyl (C=O) groups is 2. The lowest BCUT2D eigenvalue weighted by atomic mass is 9.97. The van der Waals surface area contributed by atoms with Crippen molar-refractivity contribution in [3.8, 4) is 0 Å². The molecule has 1 unspecified atom stereocenters. The van der Waals surface area contributed by atoms with Gasteiger partial charge in [-0.05, 0) is 19.3 Å². The molecule has 2 fully saturated rings. The summed E-state index contributed by atoms with van der Waals surface area (Å²) in [6.45, 7) is 0. The fourth-order valence-electron chi connectivity index (χ4n) is 2.20. The summed E-state index contributed by atoms with van der Waals surface area (Å²) in [6.07, 6.45) is 1.99. The summed E-state index contributed by atoms with van der Waals surface area (Å²) in [5, 5.41) is 9.21. The number of nitrogens with zero attached hydrogens (tertiary/aromatic N) is 1. The molecule has 90 valence electrons. The minimum atomic E-state index is -3.34. The molecule has 0 aromatic rings. The third kappa shape index (κ3) is 1.68. The molecule has 6 nitrogen and oxygen atoms in total. The fourth-order valence-corrected chi connectivity index (χ4v) is 4.14. The topological polar surface area (TPSA) is 91.8 Å². The largest absolute Gasteiger partial charge is 0.479 e. The van der Waals surface area contributed by atoms with Crippen molar-refractivity contribution in [1.82, 2.24) is 4.90 Å². The first kappa shape index (κ1) is 11.4. The van der Waals surface area contributed by atoms with Crippen molar-refractivity contribution in [3.05, 3.63) is 0 Å². The summed E-state index contributed by atoms with van der Waals surface area (Å²) in [7, 11) is -3.34. The number of aliphatic carboxylic acids is 1. The smallest absolute Gasteiger partial charge is 0.330 e. The molecule has 2 rings (SSSR count). The molecule has 1 aliphatic heterocycles. The number of sulfone groups is 1. The minimum absolute atomic E-state index is 0.0000926. The Kier molecular flexibility index (Phi) is 2.45. The van der Waals surface area contributed by atoms with Gasteiger partial charge in [-0.25, -0.2) is 13.2 Å². The van der Waals surface area contributed by atoms with Gasteiger partial charge in [-0.1, -0.05) is 0 Å². The third-order valence-electron chi connectivity index (χ3n) is 3.23. The molecule has 1 amide bonds. The standard InChI is InChI=1S/C9H13NO5S/c11-6-10(7-1-2-7)9(8(12)13)3-4-16(14,15)5-9/h6-7H,1-5H2,(H,12,13). The zero-order valence-corrected chi connectivity index (χ0v) is 9.44. The average molecular weight is 247 g/mol. The Morgan fingerprint density at radius 1 is 1.44 bits per heavy atom. The molecule has 1 saturated heterocycles. The van der Waals surface area contributed by atoms with Gasteiger partial charge in [0.25, 0.3) is 0 Å². The highest BCUT2D eigenvalue weighted by Crippen LogP contribution is 2.37. The fraction of sp³-hybridized carbons (Fsp3) is 0.778. The highest BCUT2D eigenvalue weighted by molar-refractivity contribution is 7.91. The van der Waals surface area contributed by atoms with Crippen LogP contribution >= 0.6 is 0 Å². The van der Waals surface area contributed by atoms with Crippen molar-refractivity contribution in [2.24, 2.45) is 0 Å². The molecule has 1 heterocycles. The molecule has 0 radical (unpaired) electrons. The average Bonchev–Trinajstić information content (AvgIpc) is 2.93. The van der Waals surface area contributed by atoms with E-state index in [9.17, 15) is 23.1 Å². The Hall–Kier alpha value is -1.11. The first-order valence-electron chi connectivity index (χ1n) is 5.09. The SMILES string of the molecule is O=CN(C1CC1)C1(C(=O)O)CCS(=O)(=O)C1. The van der Waals surface area contributed by atoms with Crippen molar-refractivity contribution >= 4 is 22.2 Å². The predicted octanol–water partition coefficient (Wildman–Crippen LogP) is -0.751. The lowest BCUT2D eigenvalue weighted by Gasteiger charge is -2.33. The van der Waals surface area contributed by atoms with Gasteiger partial charge in [0.1, 0.15) is 0 Å². The van der Waals surface area contributed by atoms with Gasteiger partial charge in [-0.2, -0.15) is 0 Å². The molecule has 1 N–H and O–H groups in total. The Bertz CT molecular complexity index is 427. The van der Waals surface area contributed by atoms with Crippen LogP contribution in [0.5, 0.6) is 0 Å². The number of carboxylic acid groups (broad SMARTS) is 1. The van der Waals surface area contributed by atoms with Gasteiger partial charge >= 0.3 is 5.97 Å². The monoisotopic (exact) mass is 247 g/mol. The molecule has 1 saturated carbocycles. The first-order chi connectivity index (χ1) is 7.41. The highest BCUT2D eigenvalue weighted by atomic mass is 32.2. The van der Waals surface area contributed by atoms with E-state index in [0.717, 1.165) is 12.8 Å². The van der Waals surface area contributed by atoms with Crippen LogP contribution in [0.15, 0.2) is 0 Å². The molecular weight excluding hydrogens is 234 g/mol. The number of carbonyl (C=O) groups excluding carboxylic acids is 1. The van der Waals surface area contributed by atoms with Crippen molar-refractivity contribution < 1.29 is 23.1 Å². The van der Waals surface area contributed by atoms with E-state index in [-0.39, 0.29) is 18.2 Å². The molecule has 0 bridgehead atoms. The van der Waals surface area contributed by atoms with E-state index in [0.29, 0.717) is 6.41 Å². The zero-order chi connectivity index (χ0) is 12.0. The molecule has 16 heavy (non-hydrogen) atoms. The molecule has 7 heteroatoms. The minimum Gasteiger partial charge on any atom is -0.479 e. The molecule has 2 aliphatic rings. The number of carboxylic acids is 1. The summed E-state index contributed by atoms with van der Waals surface area (Å²) in [5.74, 6) is -1.83. The third-order valence-corrected chi connectivity index (χ3v) is 4.98. The van der Waals surface area contributed by atoms with E-state index in [1.807, 2.05) is 0 Å². The lowest BCUT2D eigenvalue weighted by molar-refractivity contribution is -0.154. The summed E-state index contributed by atoms with van der Waals surface area (Å²) in [5.41, 5.74) is -1.53. The highest BCUT2D eigenvalue weighted by Gasteiger charge is 2.55. The van der Waals surface area contributed by atoms with Gasteiger partial charge in [-0.3, -0.25) is 4.79 Å². The van der Waals surface area contributed by atoms with Crippen LogP contribution in [0.2, 0.25) is 0 Å². The van der Waals surface area contributed by atoms with Crippen LogP contribution < -0.4 is 0 Å². The van der Waals surface area contributed by atoms with E-state index in [1.165, 1.54) is 4.90 Å². The number of hydrogen-bond donors (Lipinski definition) is 1. The Morgan fingerprint density at radius 3 is 2.38 bits per heavy atom. The van der Waals surface area contributed by atoms with Crippen LogP contribution in [0.3, 0.4) is 0 Å². The van der Waals surface area contributed by atoms with Gasteiger partial charge < -0.3 is 10.0 Å².